The quantitative estimate of drug-likeness (QED) is 0.159. The lowest BCUT2D eigenvalue weighted by atomic mass is 9.71. The van der Waals surface area contributed by atoms with Gasteiger partial charge in [0.2, 0.25) is 0 Å². The molecule has 0 bridgehead atoms. The number of hydrogen-bond donors (Lipinski definition) is 0. The van der Waals surface area contributed by atoms with Crippen molar-refractivity contribution in [2.45, 2.75) is 38.5 Å². The molecule has 0 unspecified atom stereocenters. The van der Waals surface area contributed by atoms with Crippen LogP contribution in [0, 0.1) is 0 Å². The highest BCUT2D eigenvalue weighted by Crippen LogP contribution is 2.64. The van der Waals surface area contributed by atoms with Crippen LogP contribution in [0.1, 0.15) is 49.9 Å². The predicted octanol–water partition coefficient (Wildman–Crippen LogP) is 17.3. The number of furan rings is 1. The molecule has 0 amide bonds. The maximum absolute atomic E-state index is 7.09. The monoisotopic (exact) mass is 800 g/mol. The molecule has 15 rings (SSSR count). The van der Waals surface area contributed by atoms with Crippen molar-refractivity contribution in [1.29, 1.82) is 0 Å². The third-order valence-electron chi connectivity index (χ3n) is 15.7. The van der Waals surface area contributed by atoms with Crippen LogP contribution in [0.4, 0.5) is 0 Å². The zero-order valence-electron chi connectivity index (χ0n) is 35.6. The first-order chi connectivity index (χ1) is 30.8. The SMILES string of the molecule is CC1(C)c2cc(-c3ccc4ccc5cccc6ccc3c4c56)ccc2-c2c1c1c(c3c2oc2ccccc23)-c2ccc(-c3ccc4ccc5cccc6ccc3c4c56)cc2C1(C)C. The Hall–Kier alpha value is -7.48. The summed E-state index contributed by atoms with van der Waals surface area (Å²) in [6, 6.07) is 64.3. The Morgan fingerprint density at radius 2 is 0.762 bits per heavy atom. The number of hydrogen-bond acceptors (Lipinski definition) is 1. The highest BCUT2D eigenvalue weighted by Gasteiger charge is 2.48. The molecule has 0 fully saturated rings. The molecule has 0 saturated carbocycles. The smallest absolute Gasteiger partial charge is 0.144 e. The van der Waals surface area contributed by atoms with Crippen LogP contribution in [0.15, 0.2) is 174 Å². The van der Waals surface area contributed by atoms with E-state index in [1.807, 2.05) is 0 Å². The summed E-state index contributed by atoms with van der Waals surface area (Å²) in [7, 11) is 0. The van der Waals surface area contributed by atoms with Gasteiger partial charge in [0.25, 0.3) is 0 Å². The summed E-state index contributed by atoms with van der Waals surface area (Å²) in [6.07, 6.45) is 0. The Morgan fingerprint density at radius 3 is 1.30 bits per heavy atom. The Bertz CT molecular complexity index is 4160. The van der Waals surface area contributed by atoms with Gasteiger partial charge in [-0.3, -0.25) is 0 Å². The van der Waals surface area contributed by atoms with Gasteiger partial charge in [0.15, 0.2) is 0 Å². The van der Waals surface area contributed by atoms with E-state index < -0.39 is 0 Å². The molecule has 13 aromatic rings. The minimum absolute atomic E-state index is 0.282. The fourth-order valence-corrected chi connectivity index (χ4v) is 12.9. The van der Waals surface area contributed by atoms with Crippen molar-refractivity contribution in [2.75, 3.05) is 0 Å². The molecule has 12 aromatic carbocycles. The van der Waals surface area contributed by atoms with Crippen LogP contribution in [-0.2, 0) is 10.8 Å². The highest BCUT2D eigenvalue weighted by atomic mass is 16.3. The fraction of sp³-hybridized carbons (Fsp3) is 0.0968. The largest absolute Gasteiger partial charge is 0.455 e. The Balaban J connectivity index is 0.966. The molecule has 1 nitrogen and oxygen atoms in total. The van der Waals surface area contributed by atoms with E-state index >= 15 is 0 Å². The van der Waals surface area contributed by atoms with Gasteiger partial charge in [-0.1, -0.05) is 179 Å². The van der Waals surface area contributed by atoms with E-state index in [1.165, 1.54) is 142 Å². The summed E-state index contributed by atoms with van der Waals surface area (Å²) < 4.78 is 7.09. The van der Waals surface area contributed by atoms with Crippen molar-refractivity contribution in [3.63, 3.8) is 0 Å². The molecule has 0 radical (unpaired) electrons. The second-order valence-corrected chi connectivity index (χ2v) is 19.5. The molecule has 0 aliphatic heterocycles. The first kappa shape index (κ1) is 34.1. The van der Waals surface area contributed by atoms with Crippen LogP contribution < -0.4 is 0 Å². The van der Waals surface area contributed by atoms with E-state index in [0.29, 0.717) is 0 Å². The van der Waals surface area contributed by atoms with E-state index in [0.717, 1.165) is 11.2 Å². The average molecular weight is 801 g/mol. The molecule has 0 saturated heterocycles. The van der Waals surface area contributed by atoms with Crippen LogP contribution >= 0.6 is 0 Å². The zero-order chi connectivity index (χ0) is 41.7. The summed E-state index contributed by atoms with van der Waals surface area (Å²) in [5.41, 5.74) is 17.2. The maximum atomic E-state index is 7.09. The van der Waals surface area contributed by atoms with Gasteiger partial charge in [0.05, 0.1) is 0 Å². The van der Waals surface area contributed by atoms with Crippen LogP contribution in [0.3, 0.4) is 0 Å². The van der Waals surface area contributed by atoms with Crippen LogP contribution in [0.25, 0.3) is 131 Å². The maximum Gasteiger partial charge on any atom is 0.144 e. The van der Waals surface area contributed by atoms with E-state index in [9.17, 15) is 0 Å². The summed E-state index contributed by atoms with van der Waals surface area (Å²) in [5, 5.41) is 18.2. The normalized spacial score (nSPS) is 14.9. The number of para-hydroxylation sites is 1. The fourth-order valence-electron chi connectivity index (χ4n) is 12.9. The topological polar surface area (TPSA) is 13.1 Å². The minimum Gasteiger partial charge on any atom is -0.455 e. The van der Waals surface area contributed by atoms with Crippen molar-refractivity contribution in [3.8, 4) is 44.5 Å². The molecule has 2 aliphatic carbocycles. The second kappa shape index (κ2) is 11.3. The van der Waals surface area contributed by atoms with Crippen molar-refractivity contribution < 1.29 is 4.42 Å². The van der Waals surface area contributed by atoms with E-state index in [1.54, 1.807) is 0 Å². The highest BCUT2D eigenvalue weighted by molar-refractivity contribution is 6.27. The zero-order valence-corrected chi connectivity index (χ0v) is 35.6. The molecular weight excluding hydrogens is 761 g/mol. The lowest BCUT2D eigenvalue weighted by Crippen LogP contribution is -2.24. The minimum atomic E-state index is -0.296. The van der Waals surface area contributed by atoms with Gasteiger partial charge in [-0.25, -0.2) is 0 Å². The Kier molecular flexibility index (Phi) is 6.13. The van der Waals surface area contributed by atoms with E-state index in [2.05, 4.69) is 198 Å². The van der Waals surface area contributed by atoms with Crippen molar-refractivity contribution >= 4 is 86.6 Å². The molecule has 2 aliphatic rings. The van der Waals surface area contributed by atoms with Gasteiger partial charge in [-0.2, -0.15) is 0 Å². The average Bonchev–Trinajstić information content (AvgIpc) is 3.89. The lowest BCUT2D eigenvalue weighted by Gasteiger charge is -2.31. The third-order valence-corrected chi connectivity index (χ3v) is 15.7. The molecule has 1 heteroatoms. The van der Waals surface area contributed by atoms with Gasteiger partial charge in [-0.15, -0.1) is 0 Å². The van der Waals surface area contributed by atoms with Gasteiger partial charge in [-0.05, 0) is 144 Å². The number of rotatable bonds is 2. The summed E-state index contributed by atoms with van der Waals surface area (Å²) in [5.74, 6) is 0. The molecule has 0 atom stereocenters. The Labute approximate surface area is 364 Å². The van der Waals surface area contributed by atoms with Crippen molar-refractivity contribution in [2.24, 2.45) is 0 Å². The molecule has 0 spiro atoms. The number of benzene rings is 12. The van der Waals surface area contributed by atoms with E-state index in [4.69, 9.17) is 4.42 Å². The van der Waals surface area contributed by atoms with Gasteiger partial charge in [0, 0.05) is 27.2 Å². The molecule has 63 heavy (non-hydrogen) atoms. The van der Waals surface area contributed by atoms with Crippen LogP contribution in [-0.4, -0.2) is 0 Å². The molecular formula is C62H40O. The van der Waals surface area contributed by atoms with Gasteiger partial charge >= 0.3 is 0 Å². The first-order valence-corrected chi connectivity index (χ1v) is 22.4. The summed E-state index contributed by atoms with van der Waals surface area (Å²) in [6.45, 7) is 9.84. The molecule has 0 N–H and O–H groups in total. The summed E-state index contributed by atoms with van der Waals surface area (Å²) in [4.78, 5) is 0. The molecule has 1 heterocycles. The summed E-state index contributed by atoms with van der Waals surface area (Å²) >= 11 is 0. The van der Waals surface area contributed by atoms with Crippen molar-refractivity contribution in [3.05, 3.63) is 192 Å². The third kappa shape index (κ3) is 4.10. The van der Waals surface area contributed by atoms with E-state index in [-0.39, 0.29) is 10.8 Å². The van der Waals surface area contributed by atoms with Crippen molar-refractivity contribution in [1.82, 2.24) is 0 Å². The van der Waals surface area contributed by atoms with Crippen LogP contribution in [0.2, 0.25) is 0 Å². The predicted molar refractivity (Wildman–Crippen MR) is 267 cm³/mol. The second-order valence-electron chi connectivity index (χ2n) is 19.5. The van der Waals surface area contributed by atoms with Gasteiger partial charge < -0.3 is 4.42 Å². The molecule has 294 valence electrons. The number of fused-ring (bicyclic) bond motifs is 12. The first-order valence-electron chi connectivity index (χ1n) is 22.4. The molecule has 1 aromatic heterocycles. The van der Waals surface area contributed by atoms with Gasteiger partial charge in [0.1, 0.15) is 11.2 Å². The van der Waals surface area contributed by atoms with Crippen LogP contribution in [0.5, 0.6) is 0 Å². The Morgan fingerprint density at radius 1 is 0.333 bits per heavy atom. The standard InChI is InChI=1S/C62H40O/c1-61(2)48-31-39(41-25-19-37-17-15-33-9-7-11-35-21-27-43(41)53(37)51(33)35)23-29-45(48)55-56-47-13-5-6-14-50(47)63-60(56)57-46-30-24-40(32-49(46)62(3,4)59(57)58(55)61)42-26-20-38-18-16-34-10-8-12-36-22-28-44(42)54(38)52(34)36/h5-32H,1-4H3. The lowest BCUT2D eigenvalue weighted by molar-refractivity contribution is 0.600.